The van der Waals surface area contributed by atoms with Crippen molar-refractivity contribution in [1.82, 2.24) is 4.98 Å². The number of pyridine rings is 1. The molecule has 0 saturated carbocycles. The molecule has 0 bridgehead atoms. The molecule has 0 fully saturated rings. The number of benzene rings is 10. The highest BCUT2D eigenvalue weighted by molar-refractivity contribution is 7.26. The number of furan rings is 1. The van der Waals surface area contributed by atoms with E-state index >= 15 is 0 Å². The molecule has 14 rings (SSSR count). The van der Waals surface area contributed by atoms with Crippen LogP contribution in [0.5, 0.6) is 0 Å². The summed E-state index contributed by atoms with van der Waals surface area (Å²) in [7, 11) is 0. The number of rotatable bonds is 5. The molecule has 0 aliphatic carbocycles. The Bertz CT molecular complexity index is 4120. The number of aromatic nitrogens is 1. The standard InChI is InChI=1S/C61H35NOS2/c1-2-13-36(14-3-1)61-50-35-53-60(47-20-5-9-22-52(47)63-53)58(59(50)46-19-4-8-21-51(46)62-61)40-16-12-15-37(29-40)41-30-42(38-25-27-56-48(33-38)44-17-6-10-23-54(44)64-56)32-43(31-41)39-26-28-57-49(34-39)45-18-7-11-24-55(45)65-57/h1-35H. The summed E-state index contributed by atoms with van der Waals surface area (Å²) >= 11 is 3.72. The van der Waals surface area contributed by atoms with Crippen LogP contribution >= 0.6 is 22.7 Å². The summed E-state index contributed by atoms with van der Waals surface area (Å²) in [5.41, 5.74) is 14.1. The van der Waals surface area contributed by atoms with E-state index in [1.54, 1.807) is 0 Å². The Morgan fingerprint density at radius 2 is 0.800 bits per heavy atom. The lowest BCUT2D eigenvalue weighted by atomic mass is 9.87. The van der Waals surface area contributed by atoms with Crippen molar-refractivity contribution >= 4 is 107 Å². The van der Waals surface area contributed by atoms with Crippen molar-refractivity contribution in [2.45, 2.75) is 0 Å². The largest absolute Gasteiger partial charge is 0.456 e. The molecule has 0 unspecified atom stereocenters. The summed E-state index contributed by atoms with van der Waals surface area (Å²) in [5, 5.41) is 10.8. The molecule has 2 nitrogen and oxygen atoms in total. The lowest BCUT2D eigenvalue weighted by molar-refractivity contribution is 0.669. The zero-order valence-corrected chi connectivity index (χ0v) is 36.5. The highest BCUT2D eigenvalue weighted by Gasteiger charge is 2.22. The Morgan fingerprint density at radius 1 is 0.292 bits per heavy atom. The molecule has 0 aliphatic rings. The zero-order chi connectivity index (χ0) is 42.6. The highest BCUT2D eigenvalue weighted by atomic mass is 32.1. The summed E-state index contributed by atoms with van der Waals surface area (Å²) in [6.45, 7) is 0. The first-order valence-corrected chi connectivity index (χ1v) is 23.6. The maximum atomic E-state index is 6.75. The van der Waals surface area contributed by atoms with Gasteiger partial charge < -0.3 is 4.42 Å². The van der Waals surface area contributed by atoms with Gasteiger partial charge in [-0.3, -0.25) is 0 Å². The zero-order valence-electron chi connectivity index (χ0n) is 34.9. The minimum absolute atomic E-state index is 0.852. The molecule has 0 atom stereocenters. The maximum Gasteiger partial charge on any atom is 0.136 e. The molecule has 4 heteroatoms. The first-order chi connectivity index (χ1) is 32.2. The second-order valence-corrected chi connectivity index (χ2v) is 19.2. The molecule has 4 aromatic heterocycles. The van der Waals surface area contributed by atoms with Crippen molar-refractivity contribution < 1.29 is 4.42 Å². The van der Waals surface area contributed by atoms with E-state index in [0.29, 0.717) is 0 Å². The van der Waals surface area contributed by atoms with Crippen LogP contribution in [0, 0.1) is 0 Å². The second-order valence-electron chi connectivity index (χ2n) is 17.0. The van der Waals surface area contributed by atoms with Crippen LogP contribution in [0.1, 0.15) is 0 Å². The van der Waals surface area contributed by atoms with Crippen LogP contribution in [-0.4, -0.2) is 4.98 Å². The molecule has 0 saturated heterocycles. The Kier molecular flexibility index (Phi) is 8.06. The van der Waals surface area contributed by atoms with Gasteiger partial charge >= 0.3 is 0 Å². The van der Waals surface area contributed by atoms with Crippen molar-refractivity contribution in [3.8, 4) is 55.8 Å². The van der Waals surface area contributed by atoms with Crippen LogP contribution in [0.15, 0.2) is 217 Å². The van der Waals surface area contributed by atoms with E-state index in [-0.39, 0.29) is 0 Å². The van der Waals surface area contributed by atoms with E-state index in [4.69, 9.17) is 9.40 Å². The van der Waals surface area contributed by atoms with Crippen molar-refractivity contribution in [2.24, 2.45) is 0 Å². The van der Waals surface area contributed by atoms with Crippen LogP contribution in [0.25, 0.3) is 140 Å². The van der Waals surface area contributed by atoms with Gasteiger partial charge in [-0.25, -0.2) is 4.98 Å². The highest BCUT2D eigenvalue weighted by Crippen LogP contribution is 2.48. The van der Waals surface area contributed by atoms with Gasteiger partial charge in [-0.15, -0.1) is 22.7 Å². The molecule has 4 heterocycles. The fourth-order valence-electron chi connectivity index (χ4n) is 10.2. The van der Waals surface area contributed by atoms with Crippen molar-refractivity contribution in [3.63, 3.8) is 0 Å². The third-order valence-electron chi connectivity index (χ3n) is 13.2. The van der Waals surface area contributed by atoms with Crippen molar-refractivity contribution in [3.05, 3.63) is 212 Å². The molecule has 0 radical (unpaired) electrons. The number of nitrogens with zero attached hydrogens (tertiary/aromatic N) is 1. The van der Waals surface area contributed by atoms with Gasteiger partial charge in [0, 0.05) is 78.4 Å². The van der Waals surface area contributed by atoms with Gasteiger partial charge in [-0.05, 0) is 118 Å². The summed E-state index contributed by atoms with van der Waals surface area (Å²) < 4.78 is 12.0. The molecule has 0 aliphatic heterocycles. The van der Waals surface area contributed by atoms with Gasteiger partial charge in [0.25, 0.3) is 0 Å². The summed E-state index contributed by atoms with van der Waals surface area (Å²) in [4.78, 5) is 5.34. The van der Waals surface area contributed by atoms with Gasteiger partial charge in [0.2, 0.25) is 0 Å². The molecular weight excluding hydrogens is 827 g/mol. The molecule has 302 valence electrons. The Hall–Kier alpha value is -7.89. The summed E-state index contributed by atoms with van der Waals surface area (Å²) in [6.07, 6.45) is 0. The van der Waals surface area contributed by atoms with E-state index < -0.39 is 0 Å². The van der Waals surface area contributed by atoms with Crippen LogP contribution in [0.3, 0.4) is 0 Å². The van der Waals surface area contributed by atoms with Crippen molar-refractivity contribution in [2.75, 3.05) is 0 Å². The Balaban J connectivity index is 1.03. The van der Waals surface area contributed by atoms with Gasteiger partial charge in [0.05, 0.1) is 11.2 Å². The van der Waals surface area contributed by atoms with Gasteiger partial charge in [-0.1, -0.05) is 133 Å². The predicted molar refractivity (Wildman–Crippen MR) is 279 cm³/mol. The Labute approximate surface area is 381 Å². The van der Waals surface area contributed by atoms with Crippen LogP contribution < -0.4 is 0 Å². The van der Waals surface area contributed by atoms with Gasteiger partial charge in [0.1, 0.15) is 11.2 Å². The fraction of sp³-hybridized carbons (Fsp3) is 0. The number of hydrogen-bond donors (Lipinski definition) is 0. The van der Waals surface area contributed by atoms with Gasteiger partial charge in [0.15, 0.2) is 0 Å². The molecule has 0 spiro atoms. The van der Waals surface area contributed by atoms with Crippen LogP contribution in [0.4, 0.5) is 0 Å². The number of fused-ring (bicyclic) bond motifs is 12. The fourth-order valence-corrected chi connectivity index (χ4v) is 12.4. The third-order valence-corrected chi connectivity index (χ3v) is 15.5. The van der Waals surface area contributed by atoms with Crippen molar-refractivity contribution in [1.29, 1.82) is 0 Å². The number of para-hydroxylation sites is 2. The minimum atomic E-state index is 0.852. The molecule has 0 amide bonds. The molecule has 14 aromatic rings. The predicted octanol–water partition coefficient (Wildman–Crippen LogP) is 18.4. The normalized spacial score (nSPS) is 12.0. The first-order valence-electron chi connectivity index (χ1n) is 22.0. The maximum absolute atomic E-state index is 6.75. The third kappa shape index (κ3) is 5.81. The first kappa shape index (κ1) is 36.6. The minimum Gasteiger partial charge on any atom is -0.456 e. The lowest BCUT2D eigenvalue weighted by Crippen LogP contribution is -1.93. The Morgan fingerprint density at radius 3 is 1.48 bits per heavy atom. The quantitative estimate of drug-likeness (QED) is 0.161. The van der Waals surface area contributed by atoms with E-state index in [2.05, 4.69) is 212 Å². The topological polar surface area (TPSA) is 26.0 Å². The SMILES string of the molecule is c1ccc(-c2nc3ccccc3c3c(-c4cccc(-c5cc(-c6ccc7sc8ccccc8c7c6)cc(-c6ccc7sc8ccccc8c7c6)c5)c4)c4c(cc23)oc2ccccc24)cc1. The van der Waals surface area contributed by atoms with Gasteiger partial charge in [-0.2, -0.15) is 0 Å². The molecule has 0 N–H and O–H groups in total. The average Bonchev–Trinajstić information content (AvgIpc) is 4.06. The monoisotopic (exact) mass is 861 g/mol. The summed E-state index contributed by atoms with van der Waals surface area (Å²) in [6, 6.07) is 77.6. The molecule has 10 aromatic carbocycles. The molecular formula is C61H35NOS2. The van der Waals surface area contributed by atoms with E-state index in [1.807, 2.05) is 22.7 Å². The lowest BCUT2D eigenvalue weighted by Gasteiger charge is -2.17. The van der Waals surface area contributed by atoms with Crippen LogP contribution in [-0.2, 0) is 0 Å². The smallest absolute Gasteiger partial charge is 0.136 e. The summed E-state index contributed by atoms with van der Waals surface area (Å²) in [5.74, 6) is 0. The van der Waals surface area contributed by atoms with Crippen LogP contribution in [0.2, 0.25) is 0 Å². The average molecular weight is 862 g/mol. The molecule has 65 heavy (non-hydrogen) atoms. The van der Waals surface area contributed by atoms with E-state index in [0.717, 1.165) is 71.7 Å². The number of hydrogen-bond acceptors (Lipinski definition) is 4. The number of thiophene rings is 2. The second kappa shape index (κ2) is 14.3. The van der Waals surface area contributed by atoms with E-state index in [9.17, 15) is 0 Å². The van der Waals surface area contributed by atoms with E-state index in [1.165, 1.54) is 68.0 Å².